The summed E-state index contributed by atoms with van der Waals surface area (Å²) in [5, 5.41) is 4.19. The summed E-state index contributed by atoms with van der Waals surface area (Å²) < 4.78 is 12.1. The summed E-state index contributed by atoms with van der Waals surface area (Å²) in [5.41, 5.74) is 3.72. The van der Waals surface area contributed by atoms with Gasteiger partial charge in [0, 0.05) is 62.3 Å². The number of benzene rings is 1. The van der Waals surface area contributed by atoms with Crippen molar-refractivity contribution < 1.29 is 9.47 Å². The molecule has 0 aliphatic carbocycles. The highest BCUT2D eigenvalue weighted by Gasteiger charge is 2.35. The van der Waals surface area contributed by atoms with Crippen LogP contribution >= 0.6 is 11.6 Å². The fraction of sp³-hybridized carbons (Fsp3) is 0.647. The first-order valence-electron chi connectivity index (χ1n) is 8.26. The zero-order valence-electron chi connectivity index (χ0n) is 13.2. The van der Waals surface area contributed by atoms with Gasteiger partial charge in [-0.2, -0.15) is 0 Å². The normalized spacial score (nSPS) is 27.2. The molecule has 4 nitrogen and oxygen atoms in total. The average molecular weight is 323 g/mol. The molecule has 120 valence electrons. The monoisotopic (exact) mass is 322 g/mol. The van der Waals surface area contributed by atoms with E-state index in [4.69, 9.17) is 21.1 Å². The Morgan fingerprint density at radius 2 is 1.68 bits per heavy atom. The Morgan fingerprint density at radius 3 is 2.41 bits per heavy atom. The Labute approximate surface area is 136 Å². The number of piperazine rings is 1. The molecule has 3 heterocycles. The van der Waals surface area contributed by atoms with Crippen molar-refractivity contribution >= 4 is 11.6 Å². The molecule has 2 unspecified atom stereocenters. The van der Waals surface area contributed by atoms with E-state index in [1.54, 1.807) is 0 Å². The van der Waals surface area contributed by atoms with E-state index in [1.807, 2.05) is 0 Å². The van der Waals surface area contributed by atoms with Gasteiger partial charge in [-0.15, -0.1) is 0 Å². The van der Waals surface area contributed by atoms with Crippen molar-refractivity contribution in [3.05, 3.63) is 21.7 Å². The van der Waals surface area contributed by atoms with Crippen LogP contribution in [0.3, 0.4) is 0 Å². The van der Waals surface area contributed by atoms with E-state index in [0.717, 1.165) is 67.7 Å². The third-order valence-electron chi connectivity index (χ3n) is 4.86. The predicted octanol–water partition coefficient (Wildman–Crippen LogP) is 2.39. The van der Waals surface area contributed by atoms with Crippen LogP contribution in [0.4, 0.5) is 0 Å². The lowest BCUT2D eigenvalue weighted by atomic mass is 9.97. The van der Waals surface area contributed by atoms with Crippen LogP contribution in [0.5, 0.6) is 11.5 Å². The van der Waals surface area contributed by atoms with Crippen LogP contribution in [0.25, 0.3) is 0 Å². The first kappa shape index (κ1) is 14.6. The lowest BCUT2D eigenvalue weighted by molar-refractivity contribution is 0.220. The van der Waals surface area contributed by atoms with E-state index < -0.39 is 0 Å². The van der Waals surface area contributed by atoms with E-state index in [1.165, 1.54) is 11.1 Å². The second-order valence-corrected chi connectivity index (χ2v) is 7.08. The summed E-state index contributed by atoms with van der Waals surface area (Å²) in [6.07, 6.45) is 2.22. The Balaban J connectivity index is 1.76. The van der Waals surface area contributed by atoms with Crippen molar-refractivity contribution in [3.8, 4) is 11.5 Å². The summed E-state index contributed by atoms with van der Waals surface area (Å²) in [4.78, 5) is 2.50. The Hall–Kier alpha value is -0.970. The first-order chi connectivity index (χ1) is 10.6. The van der Waals surface area contributed by atoms with Crippen LogP contribution in [-0.4, -0.2) is 43.3 Å². The van der Waals surface area contributed by atoms with E-state index in [2.05, 4.69) is 24.1 Å². The highest BCUT2D eigenvalue weighted by molar-refractivity contribution is 6.33. The molecule has 0 aromatic heterocycles. The molecule has 1 saturated heterocycles. The summed E-state index contributed by atoms with van der Waals surface area (Å²) >= 11 is 6.62. The largest absolute Gasteiger partial charge is 0.490 e. The van der Waals surface area contributed by atoms with Gasteiger partial charge in [0.05, 0.1) is 5.02 Å². The van der Waals surface area contributed by atoms with Gasteiger partial charge >= 0.3 is 0 Å². The van der Waals surface area contributed by atoms with Crippen LogP contribution in [0.2, 0.25) is 5.02 Å². The summed E-state index contributed by atoms with van der Waals surface area (Å²) in [6, 6.07) is 0. The third-order valence-corrected chi connectivity index (χ3v) is 5.26. The maximum Gasteiger partial charge on any atom is 0.142 e. The van der Waals surface area contributed by atoms with Gasteiger partial charge < -0.3 is 14.8 Å². The molecule has 1 N–H and O–H groups in total. The molecular weight excluding hydrogens is 300 g/mol. The molecule has 0 amide bonds. The number of hydrogen-bond acceptors (Lipinski definition) is 4. The first-order valence-corrected chi connectivity index (χ1v) is 8.63. The average Bonchev–Trinajstić information content (AvgIpc) is 3.08. The molecule has 0 bridgehead atoms. The van der Waals surface area contributed by atoms with Crippen molar-refractivity contribution in [2.24, 2.45) is 0 Å². The summed E-state index contributed by atoms with van der Waals surface area (Å²) in [7, 11) is 0. The molecule has 2 atom stereocenters. The summed E-state index contributed by atoms with van der Waals surface area (Å²) in [6.45, 7) is 9.44. The van der Waals surface area contributed by atoms with Gasteiger partial charge in [0.2, 0.25) is 0 Å². The predicted molar refractivity (Wildman–Crippen MR) is 87.2 cm³/mol. The highest BCUT2D eigenvalue weighted by atomic mass is 35.5. The standard InChI is InChI=1S/C17H23ClN2O2/c1-10-7-12-14(9-20-5-3-19-4-6-20)16-13(8-11(2)21-16)15(18)17(12)22-10/h10-11,19H,3-9H2,1-2H3. The van der Waals surface area contributed by atoms with Gasteiger partial charge in [-0.05, 0) is 13.8 Å². The Bertz CT molecular complexity index is 560. The fourth-order valence-electron chi connectivity index (χ4n) is 3.81. The second-order valence-electron chi connectivity index (χ2n) is 6.70. The highest BCUT2D eigenvalue weighted by Crippen LogP contribution is 2.49. The number of fused-ring (bicyclic) bond motifs is 2. The van der Waals surface area contributed by atoms with Crippen molar-refractivity contribution in [2.45, 2.75) is 45.4 Å². The molecule has 3 aliphatic rings. The molecule has 1 aromatic rings. The molecule has 4 rings (SSSR count). The van der Waals surface area contributed by atoms with Crippen LogP contribution < -0.4 is 14.8 Å². The van der Waals surface area contributed by atoms with Crippen molar-refractivity contribution in [1.29, 1.82) is 0 Å². The summed E-state index contributed by atoms with van der Waals surface area (Å²) in [5.74, 6) is 1.95. The molecule has 0 spiro atoms. The van der Waals surface area contributed by atoms with E-state index >= 15 is 0 Å². The number of nitrogens with one attached hydrogen (secondary N) is 1. The number of ether oxygens (including phenoxy) is 2. The van der Waals surface area contributed by atoms with Crippen molar-refractivity contribution in [1.82, 2.24) is 10.2 Å². The van der Waals surface area contributed by atoms with Crippen molar-refractivity contribution in [3.63, 3.8) is 0 Å². The molecule has 0 radical (unpaired) electrons. The van der Waals surface area contributed by atoms with Crippen molar-refractivity contribution in [2.75, 3.05) is 26.2 Å². The third kappa shape index (κ3) is 2.38. The minimum absolute atomic E-state index is 0.203. The van der Waals surface area contributed by atoms with E-state index in [-0.39, 0.29) is 12.2 Å². The fourth-order valence-corrected chi connectivity index (χ4v) is 4.13. The van der Waals surface area contributed by atoms with Crippen LogP contribution in [0.1, 0.15) is 30.5 Å². The van der Waals surface area contributed by atoms with Gasteiger partial charge in [0.25, 0.3) is 0 Å². The van der Waals surface area contributed by atoms with Gasteiger partial charge in [0.1, 0.15) is 23.7 Å². The van der Waals surface area contributed by atoms with Gasteiger partial charge in [-0.3, -0.25) is 4.90 Å². The topological polar surface area (TPSA) is 33.7 Å². The quantitative estimate of drug-likeness (QED) is 0.906. The number of rotatable bonds is 2. The SMILES string of the molecule is CC1Cc2c(CN3CCNCC3)c3c(c(Cl)c2O1)CC(C)O3. The molecule has 5 heteroatoms. The van der Waals surface area contributed by atoms with Crippen LogP contribution in [0.15, 0.2) is 0 Å². The Kier molecular flexibility index (Phi) is 3.71. The maximum atomic E-state index is 6.62. The van der Waals surface area contributed by atoms with Crippen LogP contribution in [0, 0.1) is 0 Å². The number of halogens is 1. The Morgan fingerprint density at radius 1 is 1.05 bits per heavy atom. The lowest BCUT2D eigenvalue weighted by Crippen LogP contribution is -2.43. The van der Waals surface area contributed by atoms with Gasteiger partial charge in [0.15, 0.2) is 0 Å². The lowest BCUT2D eigenvalue weighted by Gasteiger charge is -2.28. The van der Waals surface area contributed by atoms with Crippen LogP contribution in [-0.2, 0) is 19.4 Å². The van der Waals surface area contributed by atoms with E-state index in [9.17, 15) is 0 Å². The molecular formula is C17H23ClN2O2. The number of hydrogen-bond donors (Lipinski definition) is 1. The minimum atomic E-state index is 0.203. The maximum absolute atomic E-state index is 6.62. The molecule has 1 fully saturated rings. The van der Waals surface area contributed by atoms with Gasteiger partial charge in [-0.25, -0.2) is 0 Å². The molecule has 1 aromatic carbocycles. The van der Waals surface area contributed by atoms with Gasteiger partial charge in [-0.1, -0.05) is 11.6 Å². The smallest absolute Gasteiger partial charge is 0.142 e. The molecule has 0 saturated carbocycles. The zero-order valence-corrected chi connectivity index (χ0v) is 14.0. The zero-order chi connectivity index (χ0) is 15.3. The second kappa shape index (κ2) is 5.59. The minimum Gasteiger partial charge on any atom is -0.490 e. The van der Waals surface area contributed by atoms with E-state index in [0.29, 0.717) is 0 Å². The molecule has 22 heavy (non-hydrogen) atoms. The number of nitrogens with zero attached hydrogens (tertiary/aromatic N) is 1. The molecule has 3 aliphatic heterocycles.